The molecular weight excluding hydrogens is 487 g/mol. The maximum Gasteiger partial charge on any atom is 0.268 e. The standard InChI is InChI=1S/C25H26Cl2N6O2/c1-16(2)31-10-12-32(13-11-31)18-8-6-17(7-9-18)29-25-28-14-19-23(30-25)35-15-33(24(19)34)22-20(26)4-3-5-21(22)27/h3-9,14,16H,10-13,15H2,1-2H3,(H,28,29,30). The van der Waals surface area contributed by atoms with Gasteiger partial charge in [-0.05, 0) is 50.2 Å². The number of aromatic nitrogens is 2. The number of amides is 1. The fourth-order valence-corrected chi connectivity index (χ4v) is 4.91. The second-order valence-corrected chi connectivity index (χ2v) is 9.59. The monoisotopic (exact) mass is 512 g/mol. The van der Waals surface area contributed by atoms with Gasteiger partial charge < -0.3 is 15.0 Å². The number of nitrogens with one attached hydrogen (secondary N) is 1. The van der Waals surface area contributed by atoms with Gasteiger partial charge in [0.05, 0.1) is 15.7 Å². The van der Waals surface area contributed by atoms with E-state index in [0.29, 0.717) is 27.7 Å². The van der Waals surface area contributed by atoms with Crippen LogP contribution in [0, 0.1) is 0 Å². The Labute approximate surface area is 214 Å². The van der Waals surface area contributed by atoms with Crippen LogP contribution in [0.3, 0.4) is 0 Å². The van der Waals surface area contributed by atoms with Crippen LogP contribution >= 0.6 is 23.2 Å². The van der Waals surface area contributed by atoms with Gasteiger partial charge >= 0.3 is 0 Å². The van der Waals surface area contributed by atoms with E-state index in [1.54, 1.807) is 18.2 Å². The van der Waals surface area contributed by atoms with Gasteiger partial charge in [-0.25, -0.2) is 4.98 Å². The van der Waals surface area contributed by atoms with Gasteiger partial charge in [0.25, 0.3) is 5.91 Å². The second kappa shape index (κ2) is 9.89. The van der Waals surface area contributed by atoms with E-state index in [9.17, 15) is 4.79 Å². The summed E-state index contributed by atoms with van der Waals surface area (Å²) >= 11 is 12.5. The molecule has 1 fully saturated rings. The van der Waals surface area contributed by atoms with Crippen LogP contribution in [0.15, 0.2) is 48.7 Å². The third kappa shape index (κ3) is 4.87. The molecule has 0 spiro atoms. The Hall–Kier alpha value is -3.07. The van der Waals surface area contributed by atoms with E-state index in [4.69, 9.17) is 27.9 Å². The van der Waals surface area contributed by atoms with E-state index in [2.05, 4.69) is 51.1 Å². The highest BCUT2D eigenvalue weighted by atomic mass is 35.5. The molecule has 0 saturated carbocycles. The topological polar surface area (TPSA) is 73.8 Å². The van der Waals surface area contributed by atoms with Crippen molar-refractivity contribution in [2.24, 2.45) is 0 Å². The SMILES string of the molecule is CC(C)N1CCN(c2ccc(Nc3ncc4c(n3)OCN(c3c(Cl)cccc3Cl)C4=O)cc2)CC1. The highest BCUT2D eigenvalue weighted by molar-refractivity contribution is 6.40. The summed E-state index contributed by atoms with van der Waals surface area (Å²) in [5.74, 6) is 0.236. The van der Waals surface area contributed by atoms with Crippen LogP contribution in [0.1, 0.15) is 24.2 Å². The van der Waals surface area contributed by atoms with E-state index < -0.39 is 0 Å². The lowest BCUT2D eigenvalue weighted by molar-refractivity contribution is 0.0932. The highest BCUT2D eigenvalue weighted by Gasteiger charge is 2.31. The molecule has 0 aliphatic carbocycles. The number of hydrogen-bond acceptors (Lipinski definition) is 7. The number of rotatable bonds is 5. The summed E-state index contributed by atoms with van der Waals surface area (Å²) in [6, 6.07) is 13.8. The molecule has 0 atom stereocenters. The van der Waals surface area contributed by atoms with Gasteiger partial charge in [-0.3, -0.25) is 14.6 Å². The van der Waals surface area contributed by atoms with Gasteiger partial charge in [0.1, 0.15) is 5.56 Å². The van der Waals surface area contributed by atoms with E-state index >= 15 is 0 Å². The number of para-hydroxylation sites is 1. The fourth-order valence-electron chi connectivity index (χ4n) is 4.31. The largest absolute Gasteiger partial charge is 0.455 e. The zero-order chi connectivity index (χ0) is 24.5. The predicted octanol–water partition coefficient (Wildman–Crippen LogP) is 5.05. The molecule has 8 nitrogen and oxygen atoms in total. The summed E-state index contributed by atoms with van der Waals surface area (Å²) in [5.41, 5.74) is 2.69. The molecule has 0 bridgehead atoms. The molecule has 2 aromatic carbocycles. The number of fused-ring (bicyclic) bond motifs is 1. The normalized spacial score (nSPS) is 16.3. The van der Waals surface area contributed by atoms with Crippen molar-refractivity contribution in [1.82, 2.24) is 14.9 Å². The van der Waals surface area contributed by atoms with Gasteiger partial charge in [0, 0.05) is 49.8 Å². The molecular formula is C25H26Cl2N6O2. The number of nitrogens with zero attached hydrogens (tertiary/aromatic N) is 5. The molecule has 1 aromatic heterocycles. The van der Waals surface area contributed by atoms with Crippen molar-refractivity contribution in [2.75, 3.05) is 48.0 Å². The van der Waals surface area contributed by atoms with Crippen LogP contribution in [0.5, 0.6) is 5.88 Å². The molecule has 1 saturated heterocycles. The first kappa shape index (κ1) is 23.7. The minimum absolute atomic E-state index is 0.0511. The van der Waals surface area contributed by atoms with Crippen molar-refractivity contribution < 1.29 is 9.53 Å². The van der Waals surface area contributed by atoms with Gasteiger partial charge in [0.15, 0.2) is 6.73 Å². The Morgan fingerprint density at radius 3 is 2.34 bits per heavy atom. The first-order valence-electron chi connectivity index (χ1n) is 11.5. The Kier molecular flexibility index (Phi) is 6.69. The number of carbonyl (C=O) groups is 1. The molecule has 2 aliphatic heterocycles. The molecule has 1 N–H and O–H groups in total. The maximum absolute atomic E-state index is 13.1. The smallest absolute Gasteiger partial charge is 0.268 e. The number of carbonyl (C=O) groups excluding carboxylic acids is 1. The first-order chi connectivity index (χ1) is 16.9. The summed E-state index contributed by atoms with van der Waals surface area (Å²) in [7, 11) is 0. The summed E-state index contributed by atoms with van der Waals surface area (Å²) in [6.07, 6.45) is 1.45. The predicted molar refractivity (Wildman–Crippen MR) is 139 cm³/mol. The zero-order valence-electron chi connectivity index (χ0n) is 19.5. The molecule has 2 aliphatic rings. The minimum atomic E-state index is -0.324. The van der Waals surface area contributed by atoms with Crippen LogP contribution in [0.25, 0.3) is 0 Å². The maximum atomic E-state index is 13.1. The fraction of sp³-hybridized carbons (Fsp3) is 0.320. The van der Waals surface area contributed by atoms with E-state index in [1.807, 2.05) is 12.1 Å². The van der Waals surface area contributed by atoms with Gasteiger partial charge in [0.2, 0.25) is 11.8 Å². The summed E-state index contributed by atoms with van der Waals surface area (Å²) < 4.78 is 5.76. The third-order valence-corrected chi connectivity index (χ3v) is 6.91. The van der Waals surface area contributed by atoms with Crippen LogP contribution in [0.4, 0.5) is 23.0 Å². The third-order valence-electron chi connectivity index (χ3n) is 6.30. The first-order valence-corrected chi connectivity index (χ1v) is 12.3. The van der Waals surface area contributed by atoms with Crippen LogP contribution in [-0.4, -0.2) is 59.7 Å². The summed E-state index contributed by atoms with van der Waals surface area (Å²) in [6.45, 7) is 8.60. The molecule has 0 radical (unpaired) electrons. The second-order valence-electron chi connectivity index (χ2n) is 8.78. The average molecular weight is 513 g/mol. The molecule has 5 rings (SSSR count). The summed E-state index contributed by atoms with van der Waals surface area (Å²) in [5, 5.41) is 3.91. The van der Waals surface area contributed by atoms with Crippen molar-refractivity contribution >= 4 is 52.1 Å². The van der Waals surface area contributed by atoms with E-state index in [0.717, 1.165) is 31.9 Å². The molecule has 3 heterocycles. The van der Waals surface area contributed by atoms with Crippen molar-refractivity contribution in [1.29, 1.82) is 0 Å². The van der Waals surface area contributed by atoms with Crippen molar-refractivity contribution in [2.45, 2.75) is 19.9 Å². The van der Waals surface area contributed by atoms with Crippen LogP contribution in [-0.2, 0) is 0 Å². The highest BCUT2D eigenvalue weighted by Crippen LogP contribution is 2.37. The zero-order valence-corrected chi connectivity index (χ0v) is 21.1. The number of ether oxygens (including phenoxy) is 1. The van der Waals surface area contributed by atoms with E-state index in [1.165, 1.54) is 16.8 Å². The Morgan fingerprint density at radius 1 is 1.00 bits per heavy atom. The summed E-state index contributed by atoms with van der Waals surface area (Å²) in [4.78, 5) is 28.0. The molecule has 1 amide bonds. The lowest BCUT2D eigenvalue weighted by atomic mass is 10.2. The Balaban J connectivity index is 1.26. The molecule has 182 valence electrons. The van der Waals surface area contributed by atoms with Crippen molar-refractivity contribution in [3.8, 4) is 5.88 Å². The lowest BCUT2D eigenvalue weighted by Gasteiger charge is -2.38. The van der Waals surface area contributed by atoms with Crippen LogP contribution < -0.4 is 19.9 Å². The minimum Gasteiger partial charge on any atom is -0.455 e. The number of hydrogen-bond donors (Lipinski definition) is 1. The molecule has 10 heteroatoms. The van der Waals surface area contributed by atoms with Crippen LogP contribution in [0.2, 0.25) is 10.0 Å². The van der Waals surface area contributed by atoms with Crippen molar-refractivity contribution in [3.05, 3.63) is 64.3 Å². The Morgan fingerprint density at radius 2 is 1.69 bits per heavy atom. The van der Waals surface area contributed by atoms with Gasteiger partial charge in [-0.2, -0.15) is 4.98 Å². The average Bonchev–Trinajstić information content (AvgIpc) is 2.86. The number of halogens is 2. The molecule has 3 aromatic rings. The number of benzene rings is 2. The van der Waals surface area contributed by atoms with Crippen molar-refractivity contribution in [3.63, 3.8) is 0 Å². The Bertz CT molecular complexity index is 1210. The number of anilines is 4. The molecule has 0 unspecified atom stereocenters. The van der Waals surface area contributed by atoms with E-state index in [-0.39, 0.29) is 24.1 Å². The van der Waals surface area contributed by atoms with Gasteiger partial charge in [-0.15, -0.1) is 0 Å². The number of piperazine rings is 1. The quantitative estimate of drug-likeness (QED) is 0.512. The molecule has 35 heavy (non-hydrogen) atoms. The van der Waals surface area contributed by atoms with Gasteiger partial charge in [-0.1, -0.05) is 29.3 Å². The lowest BCUT2D eigenvalue weighted by Crippen LogP contribution is -2.48.